The molecule has 0 saturated carbocycles. The summed E-state index contributed by atoms with van der Waals surface area (Å²) in [5.41, 5.74) is 3.14. The molecule has 3 rings (SSSR count). The Balaban J connectivity index is 1.87. The number of ether oxygens (including phenoxy) is 1. The highest BCUT2D eigenvalue weighted by molar-refractivity contribution is 7.89. The lowest BCUT2D eigenvalue weighted by Gasteiger charge is -2.26. The highest BCUT2D eigenvalue weighted by atomic mass is 32.2. The Kier molecular flexibility index (Phi) is 6.83. The molecule has 2 aromatic rings. The van der Waals surface area contributed by atoms with E-state index >= 15 is 0 Å². The van der Waals surface area contributed by atoms with Gasteiger partial charge in [0.15, 0.2) is 0 Å². The van der Waals surface area contributed by atoms with Crippen molar-refractivity contribution < 1.29 is 17.9 Å². The molecule has 0 aliphatic carbocycles. The van der Waals surface area contributed by atoms with E-state index in [4.69, 9.17) is 4.74 Å². The minimum Gasteiger partial charge on any atom is -0.496 e. The van der Waals surface area contributed by atoms with Gasteiger partial charge in [-0.2, -0.15) is 4.31 Å². The Morgan fingerprint density at radius 2 is 1.77 bits per heavy atom. The van der Waals surface area contributed by atoms with Crippen LogP contribution in [0.1, 0.15) is 46.3 Å². The predicted octanol–water partition coefficient (Wildman–Crippen LogP) is 3.76. The van der Waals surface area contributed by atoms with Crippen molar-refractivity contribution in [2.75, 3.05) is 27.2 Å². The molecule has 0 aromatic heterocycles. The highest BCUT2D eigenvalue weighted by Gasteiger charge is 2.27. The summed E-state index contributed by atoms with van der Waals surface area (Å²) < 4.78 is 33.0. The number of hydrogen-bond acceptors (Lipinski definition) is 4. The Bertz CT molecular complexity index is 1030. The Hall–Kier alpha value is -2.38. The Morgan fingerprint density at radius 3 is 2.43 bits per heavy atom. The van der Waals surface area contributed by atoms with Gasteiger partial charge in [0.05, 0.1) is 12.0 Å². The molecular formula is C23H30N2O4S. The van der Waals surface area contributed by atoms with Crippen LogP contribution >= 0.6 is 0 Å². The van der Waals surface area contributed by atoms with Crippen LogP contribution in [0.25, 0.3) is 0 Å². The topological polar surface area (TPSA) is 66.9 Å². The first-order valence-electron chi connectivity index (χ1n) is 10.2. The molecule has 1 amide bonds. The van der Waals surface area contributed by atoms with Crippen LogP contribution < -0.4 is 4.74 Å². The van der Waals surface area contributed by atoms with Crippen molar-refractivity contribution in [1.29, 1.82) is 0 Å². The van der Waals surface area contributed by atoms with Crippen molar-refractivity contribution in [3.8, 4) is 5.75 Å². The number of carbonyl (C=O) groups excluding carboxylic acids is 1. The molecule has 6 nitrogen and oxygen atoms in total. The predicted molar refractivity (Wildman–Crippen MR) is 117 cm³/mol. The molecule has 1 fully saturated rings. The largest absolute Gasteiger partial charge is 0.496 e. The lowest BCUT2D eigenvalue weighted by Crippen LogP contribution is -2.35. The third-order valence-electron chi connectivity index (χ3n) is 5.58. The number of nitrogens with zero attached hydrogens (tertiary/aromatic N) is 2. The van der Waals surface area contributed by atoms with Crippen LogP contribution in [0.3, 0.4) is 0 Å². The number of benzene rings is 2. The number of hydrogen-bond donors (Lipinski definition) is 0. The molecule has 2 aromatic carbocycles. The van der Waals surface area contributed by atoms with Crippen molar-refractivity contribution in [2.45, 2.75) is 44.6 Å². The fourth-order valence-corrected chi connectivity index (χ4v) is 5.35. The molecule has 0 bridgehead atoms. The highest BCUT2D eigenvalue weighted by Crippen LogP contribution is 2.25. The average molecular weight is 431 g/mol. The fourth-order valence-electron chi connectivity index (χ4n) is 3.81. The number of amides is 1. The summed E-state index contributed by atoms with van der Waals surface area (Å²) in [6.45, 7) is 5.25. The number of methoxy groups -OCH3 is 1. The van der Waals surface area contributed by atoms with Crippen LogP contribution in [0, 0.1) is 13.8 Å². The molecule has 0 atom stereocenters. The van der Waals surface area contributed by atoms with Gasteiger partial charge in [-0.15, -0.1) is 0 Å². The van der Waals surface area contributed by atoms with Crippen LogP contribution in [0.4, 0.5) is 0 Å². The minimum absolute atomic E-state index is 0.180. The molecule has 1 aliphatic heterocycles. The summed E-state index contributed by atoms with van der Waals surface area (Å²) in [5, 5.41) is 0. The van der Waals surface area contributed by atoms with E-state index in [-0.39, 0.29) is 10.8 Å². The van der Waals surface area contributed by atoms with Gasteiger partial charge in [0.25, 0.3) is 5.91 Å². The molecule has 1 heterocycles. The third-order valence-corrected chi connectivity index (χ3v) is 7.48. The van der Waals surface area contributed by atoms with E-state index in [1.54, 1.807) is 31.2 Å². The monoisotopic (exact) mass is 430 g/mol. The van der Waals surface area contributed by atoms with E-state index in [2.05, 4.69) is 0 Å². The first kappa shape index (κ1) is 22.3. The van der Waals surface area contributed by atoms with Crippen LogP contribution in [0.15, 0.2) is 41.3 Å². The second-order valence-corrected chi connectivity index (χ2v) is 9.86. The fraction of sp³-hybridized carbons (Fsp3) is 0.435. The van der Waals surface area contributed by atoms with Crippen LogP contribution in [-0.2, 0) is 16.6 Å². The van der Waals surface area contributed by atoms with Crippen LogP contribution in [0.2, 0.25) is 0 Å². The van der Waals surface area contributed by atoms with Crippen molar-refractivity contribution in [2.24, 2.45) is 0 Å². The molecule has 0 unspecified atom stereocenters. The maximum atomic E-state index is 13.2. The second kappa shape index (κ2) is 9.18. The van der Waals surface area contributed by atoms with Crippen molar-refractivity contribution >= 4 is 15.9 Å². The molecule has 0 spiro atoms. The van der Waals surface area contributed by atoms with E-state index < -0.39 is 10.0 Å². The molecule has 7 heteroatoms. The van der Waals surface area contributed by atoms with E-state index in [0.29, 0.717) is 25.2 Å². The Labute approximate surface area is 179 Å². The summed E-state index contributed by atoms with van der Waals surface area (Å²) in [6, 6.07) is 10.7. The van der Waals surface area contributed by atoms with Gasteiger partial charge in [-0.05, 0) is 50.5 Å². The van der Waals surface area contributed by atoms with Gasteiger partial charge in [0.2, 0.25) is 10.0 Å². The Morgan fingerprint density at radius 1 is 1.07 bits per heavy atom. The van der Waals surface area contributed by atoms with Crippen molar-refractivity contribution in [1.82, 2.24) is 9.21 Å². The molecule has 1 aliphatic rings. The molecular weight excluding hydrogens is 400 g/mol. The smallest absolute Gasteiger partial charge is 0.254 e. The van der Waals surface area contributed by atoms with Gasteiger partial charge < -0.3 is 9.64 Å². The minimum atomic E-state index is -3.59. The second-order valence-electron chi connectivity index (χ2n) is 7.92. The first-order valence-corrected chi connectivity index (χ1v) is 11.7. The maximum absolute atomic E-state index is 13.2. The molecule has 162 valence electrons. The zero-order chi connectivity index (χ0) is 21.9. The van der Waals surface area contributed by atoms with Crippen LogP contribution in [0.5, 0.6) is 5.75 Å². The normalized spacial score (nSPS) is 15.1. The zero-order valence-corrected chi connectivity index (χ0v) is 19.0. The van der Waals surface area contributed by atoms with Gasteiger partial charge in [0, 0.05) is 37.8 Å². The first-order chi connectivity index (χ1) is 14.2. The lowest BCUT2D eigenvalue weighted by atomic mass is 10.1. The molecule has 1 saturated heterocycles. The van der Waals surface area contributed by atoms with Gasteiger partial charge >= 0.3 is 0 Å². The SMILES string of the molecule is COc1ccc(C)cc1CN(C)C(=O)c1cc(S(=O)(=O)N2CCCCC2)ccc1C. The molecule has 0 radical (unpaired) electrons. The number of aryl methyl sites for hydroxylation is 2. The van der Waals surface area contributed by atoms with E-state index in [1.165, 1.54) is 10.4 Å². The number of sulfonamides is 1. The lowest BCUT2D eigenvalue weighted by molar-refractivity contribution is 0.0783. The average Bonchev–Trinajstić information content (AvgIpc) is 2.74. The zero-order valence-electron chi connectivity index (χ0n) is 18.1. The van der Waals surface area contributed by atoms with E-state index in [0.717, 1.165) is 41.7 Å². The van der Waals surface area contributed by atoms with Gasteiger partial charge in [0.1, 0.15) is 5.75 Å². The number of rotatable bonds is 6. The van der Waals surface area contributed by atoms with Crippen LogP contribution in [-0.4, -0.2) is 50.8 Å². The summed E-state index contributed by atoms with van der Waals surface area (Å²) in [6.07, 6.45) is 2.80. The van der Waals surface area contributed by atoms with Gasteiger partial charge in [-0.1, -0.05) is 30.2 Å². The molecule has 30 heavy (non-hydrogen) atoms. The van der Waals surface area contributed by atoms with Gasteiger partial charge in [-0.3, -0.25) is 4.79 Å². The van der Waals surface area contributed by atoms with Crippen molar-refractivity contribution in [3.63, 3.8) is 0 Å². The maximum Gasteiger partial charge on any atom is 0.254 e. The van der Waals surface area contributed by atoms with Gasteiger partial charge in [-0.25, -0.2) is 8.42 Å². The summed E-state index contributed by atoms with van der Waals surface area (Å²) >= 11 is 0. The third kappa shape index (κ3) is 4.68. The summed E-state index contributed by atoms with van der Waals surface area (Å²) in [5.74, 6) is 0.505. The van der Waals surface area contributed by atoms with E-state index in [1.807, 2.05) is 32.0 Å². The summed E-state index contributed by atoms with van der Waals surface area (Å²) in [4.78, 5) is 15.0. The standard InChI is InChI=1S/C23H30N2O4S/c1-17-8-11-22(29-4)19(14-17)16-24(3)23(26)21-15-20(10-9-18(21)2)30(27,28)25-12-6-5-7-13-25/h8-11,14-15H,5-7,12-13,16H2,1-4H3. The summed E-state index contributed by atoms with van der Waals surface area (Å²) in [7, 11) is -0.269. The number of piperidine rings is 1. The van der Waals surface area contributed by atoms with E-state index in [9.17, 15) is 13.2 Å². The number of carbonyl (C=O) groups is 1. The molecule has 0 N–H and O–H groups in total. The quantitative estimate of drug-likeness (QED) is 0.700. The van der Waals surface area contributed by atoms with Crippen molar-refractivity contribution in [3.05, 3.63) is 58.7 Å².